The van der Waals surface area contributed by atoms with E-state index >= 15 is 0 Å². The third kappa shape index (κ3) is 6.51. The van der Waals surface area contributed by atoms with E-state index in [0.717, 1.165) is 60.4 Å². The van der Waals surface area contributed by atoms with Crippen LogP contribution >= 0.6 is 0 Å². The van der Waals surface area contributed by atoms with Crippen LogP contribution in [0.15, 0.2) is 91.0 Å². The molecule has 1 fully saturated rings. The fourth-order valence-electron chi connectivity index (χ4n) is 4.77. The summed E-state index contributed by atoms with van der Waals surface area (Å²) in [7, 11) is 0. The Hall–Kier alpha value is -4.40. The lowest BCUT2D eigenvalue weighted by molar-refractivity contribution is 0.0320. The summed E-state index contributed by atoms with van der Waals surface area (Å²) in [6, 6.07) is 27.1. The van der Waals surface area contributed by atoms with Crippen molar-refractivity contribution in [1.82, 2.24) is 14.9 Å². The predicted molar refractivity (Wildman–Crippen MR) is 154 cm³/mol. The van der Waals surface area contributed by atoms with Crippen molar-refractivity contribution in [2.24, 2.45) is 0 Å². The van der Waals surface area contributed by atoms with Crippen LogP contribution < -0.4 is 9.47 Å². The number of rotatable bonds is 9. The lowest BCUT2D eigenvalue weighted by Gasteiger charge is -2.26. The molecule has 0 saturated carbocycles. The highest BCUT2D eigenvalue weighted by Crippen LogP contribution is 2.29. The largest absolute Gasteiger partial charge is 0.489 e. The molecule has 0 amide bonds. The number of hydrogen-bond donors (Lipinski definition) is 0. The van der Waals surface area contributed by atoms with Crippen LogP contribution in [0.2, 0.25) is 0 Å². The number of nitrogens with zero attached hydrogens (tertiary/aromatic N) is 3. The fraction of sp³-hybridized carbons (Fsp3) is 0.212. The maximum atomic E-state index is 14.0. The molecule has 0 radical (unpaired) electrons. The summed E-state index contributed by atoms with van der Waals surface area (Å²) >= 11 is 0. The minimum absolute atomic E-state index is 0.0960. The summed E-state index contributed by atoms with van der Waals surface area (Å²) in [5.41, 5.74) is 2.50. The third-order valence-electron chi connectivity index (χ3n) is 7.05. The Morgan fingerprint density at radius 2 is 1.49 bits per heavy atom. The van der Waals surface area contributed by atoms with Crippen LogP contribution in [-0.2, 0) is 11.3 Å². The van der Waals surface area contributed by atoms with Crippen molar-refractivity contribution in [1.29, 1.82) is 0 Å². The van der Waals surface area contributed by atoms with E-state index in [2.05, 4.69) is 4.90 Å². The molecular weight excluding hydrogens is 524 g/mol. The van der Waals surface area contributed by atoms with Gasteiger partial charge in [-0.05, 0) is 41.1 Å². The molecule has 0 atom stereocenters. The lowest BCUT2D eigenvalue weighted by atomic mass is 10.1. The standard InChI is InChI=1S/C33H29F2N3O3/c34-29-7-4-8-30(35)28(29)22-41-27-12-11-24-19-26(10-9-25(24)20-27)33-36-31(23-5-2-1-3-6-23)21-32(37-33)40-18-15-38-13-16-39-17-14-38/h1-12,19-21H,13-18,22H2. The molecule has 8 heteroatoms. The molecule has 0 N–H and O–H groups in total. The molecule has 4 aromatic carbocycles. The number of benzene rings is 4. The van der Waals surface area contributed by atoms with Gasteiger partial charge in [0.25, 0.3) is 0 Å². The predicted octanol–water partition coefficient (Wildman–Crippen LogP) is 6.53. The van der Waals surface area contributed by atoms with Crippen molar-refractivity contribution < 1.29 is 23.0 Å². The maximum absolute atomic E-state index is 14.0. The number of morpholine rings is 1. The third-order valence-corrected chi connectivity index (χ3v) is 7.05. The first-order chi connectivity index (χ1) is 20.1. The van der Waals surface area contributed by atoms with Gasteiger partial charge in [-0.2, -0.15) is 4.98 Å². The van der Waals surface area contributed by atoms with E-state index in [4.69, 9.17) is 24.2 Å². The van der Waals surface area contributed by atoms with Gasteiger partial charge in [0.2, 0.25) is 5.88 Å². The molecule has 1 aliphatic heterocycles. The Labute approximate surface area is 237 Å². The second-order valence-electron chi connectivity index (χ2n) is 9.80. The fourth-order valence-corrected chi connectivity index (χ4v) is 4.77. The average Bonchev–Trinajstić information content (AvgIpc) is 3.01. The summed E-state index contributed by atoms with van der Waals surface area (Å²) in [4.78, 5) is 11.9. The summed E-state index contributed by atoms with van der Waals surface area (Å²) in [6.45, 7) is 4.41. The van der Waals surface area contributed by atoms with E-state index < -0.39 is 11.6 Å². The van der Waals surface area contributed by atoms with Crippen molar-refractivity contribution >= 4 is 10.8 Å². The number of hydrogen-bond acceptors (Lipinski definition) is 6. The molecule has 0 unspecified atom stereocenters. The molecule has 0 aliphatic carbocycles. The summed E-state index contributed by atoms with van der Waals surface area (Å²) in [6.07, 6.45) is 0. The molecule has 5 aromatic rings. The van der Waals surface area contributed by atoms with Crippen LogP contribution in [0.5, 0.6) is 11.6 Å². The first kappa shape index (κ1) is 26.8. The zero-order chi connectivity index (χ0) is 28.0. The Kier molecular flexibility index (Phi) is 8.11. The number of halogens is 2. The zero-order valence-electron chi connectivity index (χ0n) is 22.4. The molecule has 41 heavy (non-hydrogen) atoms. The van der Waals surface area contributed by atoms with Crippen molar-refractivity contribution in [2.75, 3.05) is 39.5 Å². The molecule has 0 bridgehead atoms. The summed E-state index contributed by atoms with van der Waals surface area (Å²) in [5.74, 6) is 0.345. The quantitative estimate of drug-likeness (QED) is 0.207. The van der Waals surface area contributed by atoms with Gasteiger partial charge in [-0.1, -0.05) is 54.6 Å². The monoisotopic (exact) mass is 553 g/mol. The van der Waals surface area contributed by atoms with Gasteiger partial charge in [-0.3, -0.25) is 4.90 Å². The molecule has 2 heterocycles. The van der Waals surface area contributed by atoms with Gasteiger partial charge in [-0.15, -0.1) is 0 Å². The van der Waals surface area contributed by atoms with Crippen LogP contribution in [0.4, 0.5) is 8.78 Å². The van der Waals surface area contributed by atoms with Crippen LogP contribution in [0.1, 0.15) is 5.56 Å². The van der Waals surface area contributed by atoms with E-state index in [1.165, 1.54) is 18.2 Å². The van der Waals surface area contributed by atoms with E-state index in [-0.39, 0.29) is 12.2 Å². The molecule has 1 aromatic heterocycles. The van der Waals surface area contributed by atoms with E-state index in [1.54, 1.807) is 6.07 Å². The first-order valence-corrected chi connectivity index (χ1v) is 13.6. The highest BCUT2D eigenvalue weighted by molar-refractivity contribution is 5.87. The SMILES string of the molecule is Fc1cccc(F)c1COc1ccc2cc(-c3nc(OCCN4CCOCC4)cc(-c4ccccc4)n3)ccc2c1. The topological polar surface area (TPSA) is 56.7 Å². The molecule has 6 nitrogen and oxygen atoms in total. The van der Waals surface area contributed by atoms with E-state index in [1.807, 2.05) is 66.7 Å². The van der Waals surface area contributed by atoms with Crippen molar-refractivity contribution in [3.63, 3.8) is 0 Å². The van der Waals surface area contributed by atoms with Crippen molar-refractivity contribution in [3.8, 4) is 34.3 Å². The normalized spacial score (nSPS) is 13.8. The lowest BCUT2D eigenvalue weighted by Crippen LogP contribution is -2.38. The van der Waals surface area contributed by atoms with Crippen LogP contribution in [-0.4, -0.2) is 54.3 Å². The van der Waals surface area contributed by atoms with Crippen molar-refractivity contribution in [3.05, 3.63) is 108 Å². The number of fused-ring (bicyclic) bond motifs is 1. The molecule has 6 rings (SSSR count). The molecule has 1 aliphatic rings. The van der Waals surface area contributed by atoms with Crippen molar-refractivity contribution in [2.45, 2.75) is 6.61 Å². The van der Waals surface area contributed by atoms with Gasteiger partial charge >= 0.3 is 0 Å². The van der Waals surface area contributed by atoms with Gasteiger partial charge < -0.3 is 14.2 Å². The first-order valence-electron chi connectivity index (χ1n) is 13.6. The average molecular weight is 554 g/mol. The van der Waals surface area contributed by atoms with Gasteiger partial charge in [0.1, 0.15) is 30.6 Å². The van der Waals surface area contributed by atoms with Gasteiger partial charge in [0.05, 0.1) is 24.5 Å². The minimum atomic E-state index is -0.627. The minimum Gasteiger partial charge on any atom is -0.489 e. The second kappa shape index (κ2) is 12.4. The summed E-state index contributed by atoms with van der Waals surface area (Å²) < 4.78 is 45.2. The van der Waals surface area contributed by atoms with Gasteiger partial charge in [-0.25, -0.2) is 13.8 Å². The Morgan fingerprint density at radius 3 is 2.29 bits per heavy atom. The highest BCUT2D eigenvalue weighted by atomic mass is 19.1. The Bertz CT molecular complexity index is 1620. The number of aromatic nitrogens is 2. The Morgan fingerprint density at radius 1 is 0.732 bits per heavy atom. The smallest absolute Gasteiger partial charge is 0.217 e. The molecule has 0 spiro atoms. The van der Waals surface area contributed by atoms with Gasteiger partial charge in [0.15, 0.2) is 5.82 Å². The molecular formula is C33H29F2N3O3. The molecule has 1 saturated heterocycles. The Balaban J connectivity index is 1.24. The van der Waals surface area contributed by atoms with E-state index in [9.17, 15) is 8.78 Å². The highest BCUT2D eigenvalue weighted by Gasteiger charge is 2.14. The van der Waals surface area contributed by atoms with Crippen LogP contribution in [0, 0.1) is 11.6 Å². The molecule has 208 valence electrons. The zero-order valence-corrected chi connectivity index (χ0v) is 22.4. The van der Waals surface area contributed by atoms with Crippen LogP contribution in [0.25, 0.3) is 33.4 Å². The van der Waals surface area contributed by atoms with Crippen LogP contribution in [0.3, 0.4) is 0 Å². The van der Waals surface area contributed by atoms with Gasteiger partial charge in [0, 0.05) is 36.8 Å². The number of ether oxygens (including phenoxy) is 3. The summed E-state index contributed by atoms with van der Waals surface area (Å²) in [5, 5.41) is 1.87. The second-order valence-corrected chi connectivity index (χ2v) is 9.80. The maximum Gasteiger partial charge on any atom is 0.217 e. The van der Waals surface area contributed by atoms with E-state index in [0.29, 0.717) is 24.1 Å².